The molecule has 4 rings (SSSR count). The molecule has 32 heavy (non-hydrogen) atoms. The maximum atomic E-state index is 12.7. The van der Waals surface area contributed by atoms with Crippen molar-refractivity contribution in [3.63, 3.8) is 0 Å². The van der Waals surface area contributed by atoms with E-state index in [4.69, 9.17) is 4.74 Å². The first-order valence-corrected chi connectivity index (χ1v) is 11.5. The van der Waals surface area contributed by atoms with Crippen LogP contribution in [0.15, 0.2) is 47.8 Å². The van der Waals surface area contributed by atoms with Gasteiger partial charge in [-0.05, 0) is 55.7 Å². The third-order valence-corrected chi connectivity index (χ3v) is 6.33. The van der Waals surface area contributed by atoms with Gasteiger partial charge in [-0.1, -0.05) is 26.0 Å². The summed E-state index contributed by atoms with van der Waals surface area (Å²) in [4.78, 5) is 31.6. The molecule has 2 aromatic carbocycles. The molecule has 0 unspecified atom stereocenters. The molecule has 0 spiro atoms. The second-order valence-electron chi connectivity index (χ2n) is 8.95. The van der Waals surface area contributed by atoms with Gasteiger partial charge in [0, 0.05) is 29.2 Å². The van der Waals surface area contributed by atoms with Crippen molar-refractivity contribution >= 4 is 34.0 Å². The summed E-state index contributed by atoms with van der Waals surface area (Å²) in [6.07, 6.45) is 0. The summed E-state index contributed by atoms with van der Waals surface area (Å²) in [6, 6.07) is 13.1. The second-order valence-corrected chi connectivity index (χ2v) is 9.80. The number of ether oxygens (including phenoxy) is 1. The Morgan fingerprint density at radius 1 is 1.22 bits per heavy atom. The molecule has 1 aromatic heterocycles. The van der Waals surface area contributed by atoms with E-state index in [-0.39, 0.29) is 11.8 Å². The minimum absolute atomic E-state index is 0.0792. The third-order valence-electron chi connectivity index (χ3n) is 5.57. The fourth-order valence-corrected chi connectivity index (χ4v) is 4.47. The van der Waals surface area contributed by atoms with Crippen LogP contribution in [0, 0.1) is 5.92 Å². The Labute approximate surface area is 192 Å². The molecule has 6 nitrogen and oxygen atoms in total. The summed E-state index contributed by atoms with van der Waals surface area (Å²) in [6.45, 7) is 8.63. The number of anilines is 2. The van der Waals surface area contributed by atoms with E-state index in [1.54, 1.807) is 24.1 Å². The Balaban J connectivity index is 1.51. The third kappa shape index (κ3) is 4.12. The number of thiazole rings is 1. The molecule has 2 heterocycles. The van der Waals surface area contributed by atoms with Gasteiger partial charge in [-0.15, -0.1) is 11.3 Å². The van der Waals surface area contributed by atoms with Crippen LogP contribution in [0.2, 0.25) is 0 Å². The Morgan fingerprint density at radius 3 is 2.75 bits per heavy atom. The van der Waals surface area contributed by atoms with Gasteiger partial charge in [0.15, 0.2) is 5.13 Å². The van der Waals surface area contributed by atoms with Gasteiger partial charge in [0.25, 0.3) is 5.91 Å². The molecule has 0 bridgehead atoms. The lowest BCUT2D eigenvalue weighted by molar-refractivity contribution is -0.121. The van der Waals surface area contributed by atoms with Crippen LogP contribution in [0.1, 0.15) is 43.6 Å². The number of hydrogen-bond donors (Lipinski definition) is 1. The van der Waals surface area contributed by atoms with Gasteiger partial charge < -0.3 is 9.64 Å². The van der Waals surface area contributed by atoms with Gasteiger partial charge in [-0.25, -0.2) is 4.98 Å². The quantitative estimate of drug-likeness (QED) is 0.551. The van der Waals surface area contributed by atoms with E-state index in [2.05, 4.69) is 24.1 Å². The Bertz CT molecular complexity index is 1180. The second kappa shape index (κ2) is 8.39. The van der Waals surface area contributed by atoms with Crippen LogP contribution in [0.5, 0.6) is 5.75 Å². The monoisotopic (exact) mass is 449 g/mol. The highest BCUT2D eigenvalue weighted by atomic mass is 32.1. The molecule has 2 amide bonds. The molecule has 3 aromatic rings. The summed E-state index contributed by atoms with van der Waals surface area (Å²) in [5, 5.41) is 5.30. The van der Waals surface area contributed by atoms with Crippen molar-refractivity contribution in [1.29, 1.82) is 0 Å². The van der Waals surface area contributed by atoms with Crippen LogP contribution in [-0.4, -0.2) is 30.5 Å². The topological polar surface area (TPSA) is 71.5 Å². The molecule has 0 radical (unpaired) electrons. The Morgan fingerprint density at radius 2 is 2.00 bits per heavy atom. The number of hydrogen-bond acceptors (Lipinski definition) is 5. The maximum absolute atomic E-state index is 12.7. The number of nitrogens with zero attached hydrogens (tertiary/aromatic N) is 2. The van der Waals surface area contributed by atoms with Gasteiger partial charge in [-0.3, -0.25) is 14.9 Å². The first-order valence-electron chi connectivity index (χ1n) is 10.6. The van der Waals surface area contributed by atoms with Gasteiger partial charge in [-0.2, -0.15) is 0 Å². The highest BCUT2D eigenvalue weighted by Gasteiger charge is 2.42. The number of benzene rings is 2. The SMILES string of the molecule is CC(C)COc1cccc(C(=O)Nc2nc(-c3ccc4c(c3)C(C)(C)C(=O)N4C)cs2)c1. The molecule has 0 fully saturated rings. The van der Waals surface area contributed by atoms with Gasteiger partial charge in [0.1, 0.15) is 5.75 Å². The van der Waals surface area contributed by atoms with E-state index in [0.29, 0.717) is 29.0 Å². The zero-order valence-electron chi connectivity index (χ0n) is 18.9. The average Bonchev–Trinajstić information content (AvgIpc) is 3.30. The molecule has 166 valence electrons. The van der Waals surface area contributed by atoms with Gasteiger partial charge >= 0.3 is 0 Å². The summed E-state index contributed by atoms with van der Waals surface area (Å²) >= 11 is 1.37. The standard InChI is InChI=1S/C25H27N3O3S/c1-15(2)13-31-18-8-6-7-17(11-18)22(29)27-24-26-20(14-32-24)16-9-10-21-19(12-16)25(3,4)23(30)28(21)5/h6-12,14-15H,13H2,1-5H3,(H,26,27,29). The van der Waals surface area contributed by atoms with E-state index in [1.807, 2.05) is 49.6 Å². The Hall–Kier alpha value is -3.19. The Kier molecular flexibility index (Phi) is 5.77. The van der Waals surface area contributed by atoms with Crippen LogP contribution in [-0.2, 0) is 10.2 Å². The van der Waals surface area contributed by atoms with E-state index in [1.165, 1.54) is 11.3 Å². The van der Waals surface area contributed by atoms with Crippen molar-refractivity contribution in [2.75, 3.05) is 23.9 Å². The number of fused-ring (bicyclic) bond motifs is 1. The maximum Gasteiger partial charge on any atom is 0.257 e. The lowest BCUT2D eigenvalue weighted by Gasteiger charge is -2.16. The van der Waals surface area contributed by atoms with Crippen molar-refractivity contribution in [1.82, 2.24) is 4.98 Å². The lowest BCUT2D eigenvalue weighted by atomic mass is 9.85. The molecule has 1 aliphatic heterocycles. The molecule has 0 atom stereocenters. The molecule has 7 heteroatoms. The van der Waals surface area contributed by atoms with Gasteiger partial charge in [0.2, 0.25) is 5.91 Å². The van der Waals surface area contributed by atoms with Crippen LogP contribution in [0.3, 0.4) is 0 Å². The van der Waals surface area contributed by atoms with Crippen molar-refractivity contribution in [2.45, 2.75) is 33.1 Å². The van der Waals surface area contributed by atoms with Crippen molar-refractivity contribution < 1.29 is 14.3 Å². The highest BCUT2D eigenvalue weighted by Crippen LogP contribution is 2.42. The predicted octanol–water partition coefficient (Wildman–Crippen LogP) is 5.35. The number of carbonyl (C=O) groups excluding carboxylic acids is 2. The minimum atomic E-state index is -0.574. The number of aromatic nitrogens is 1. The summed E-state index contributed by atoms with van der Waals surface area (Å²) in [5.41, 5.74) is 3.53. The molecule has 0 aliphatic carbocycles. The lowest BCUT2D eigenvalue weighted by Crippen LogP contribution is -2.33. The number of likely N-dealkylation sites (N-methyl/N-ethyl adjacent to an activating group) is 1. The number of amides is 2. The van der Waals surface area contributed by atoms with Crippen LogP contribution < -0.4 is 15.0 Å². The molecule has 0 saturated carbocycles. The molecule has 1 N–H and O–H groups in total. The first kappa shape index (κ1) is 22.0. The number of carbonyl (C=O) groups is 2. The zero-order valence-corrected chi connectivity index (χ0v) is 19.7. The van der Waals surface area contributed by atoms with Crippen LogP contribution in [0.25, 0.3) is 11.3 Å². The molecule has 1 aliphatic rings. The van der Waals surface area contributed by atoms with Crippen LogP contribution >= 0.6 is 11.3 Å². The normalized spacial score (nSPS) is 14.6. The first-order chi connectivity index (χ1) is 15.2. The van der Waals surface area contributed by atoms with Crippen molar-refractivity contribution in [3.8, 4) is 17.0 Å². The summed E-state index contributed by atoms with van der Waals surface area (Å²) < 4.78 is 5.72. The summed E-state index contributed by atoms with van der Waals surface area (Å²) in [5.74, 6) is 0.926. The van der Waals surface area contributed by atoms with E-state index in [0.717, 1.165) is 22.5 Å². The van der Waals surface area contributed by atoms with Gasteiger partial charge in [0.05, 0.1) is 17.7 Å². The highest BCUT2D eigenvalue weighted by molar-refractivity contribution is 7.14. The van der Waals surface area contributed by atoms with E-state index < -0.39 is 5.41 Å². The largest absolute Gasteiger partial charge is 0.493 e. The fourth-order valence-electron chi connectivity index (χ4n) is 3.76. The summed E-state index contributed by atoms with van der Waals surface area (Å²) in [7, 11) is 1.80. The van der Waals surface area contributed by atoms with E-state index >= 15 is 0 Å². The number of nitrogens with one attached hydrogen (secondary N) is 1. The molecule has 0 saturated heterocycles. The van der Waals surface area contributed by atoms with Crippen molar-refractivity contribution in [3.05, 3.63) is 59.0 Å². The van der Waals surface area contributed by atoms with E-state index in [9.17, 15) is 9.59 Å². The number of rotatable bonds is 6. The predicted molar refractivity (Wildman–Crippen MR) is 129 cm³/mol. The smallest absolute Gasteiger partial charge is 0.257 e. The molecular weight excluding hydrogens is 422 g/mol. The zero-order chi connectivity index (χ0) is 23.0. The average molecular weight is 450 g/mol. The fraction of sp³-hybridized carbons (Fsp3) is 0.320. The molecular formula is C25H27N3O3S. The minimum Gasteiger partial charge on any atom is -0.493 e. The van der Waals surface area contributed by atoms with Crippen molar-refractivity contribution in [2.24, 2.45) is 5.92 Å². The van der Waals surface area contributed by atoms with Crippen LogP contribution in [0.4, 0.5) is 10.8 Å².